The highest BCUT2D eigenvalue weighted by Crippen LogP contribution is 2.30. The van der Waals surface area contributed by atoms with E-state index in [1.807, 2.05) is 0 Å². The average molecular weight is 324 g/mol. The lowest BCUT2D eigenvalue weighted by Gasteiger charge is -2.29. The van der Waals surface area contributed by atoms with Crippen molar-refractivity contribution in [2.45, 2.75) is 17.1 Å². The number of carbonyl (C=O) groups excluding carboxylic acids is 1. The van der Waals surface area contributed by atoms with Crippen molar-refractivity contribution >= 4 is 38.9 Å². The SMILES string of the molecule is COC(=O)C1CCN(S(=O)(=O)c2ccc(Cl)s2)CC1. The second-order valence-electron chi connectivity index (χ2n) is 4.26. The molecule has 1 fully saturated rings. The van der Waals surface area contributed by atoms with E-state index in [1.165, 1.54) is 17.5 Å². The first kappa shape index (κ1) is 14.8. The van der Waals surface area contributed by atoms with Gasteiger partial charge in [0.25, 0.3) is 10.0 Å². The van der Waals surface area contributed by atoms with E-state index >= 15 is 0 Å². The molecule has 2 heterocycles. The Kier molecular flexibility index (Phi) is 4.50. The summed E-state index contributed by atoms with van der Waals surface area (Å²) in [7, 11) is -2.14. The molecule has 5 nitrogen and oxygen atoms in total. The lowest BCUT2D eigenvalue weighted by Crippen LogP contribution is -2.40. The third-order valence-corrected chi connectivity index (χ3v) is 6.73. The van der Waals surface area contributed by atoms with Crippen molar-refractivity contribution in [3.05, 3.63) is 16.5 Å². The lowest BCUT2D eigenvalue weighted by atomic mass is 9.99. The van der Waals surface area contributed by atoms with Crippen LogP contribution in [0.1, 0.15) is 12.8 Å². The number of hydrogen-bond acceptors (Lipinski definition) is 5. The van der Waals surface area contributed by atoms with Crippen LogP contribution in [0.4, 0.5) is 0 Å². The fourth-order valence-electron chi connectivity index (χ4n) is 2.06. The summed E-state index contributed by atoms with van der Waals surface area (Å²) in [5.74, 6) is -0.473. The lowest BCUT2D eigenvalue weighted by molar-refractivity contribution is -0.146. The van der Waals surface area contributed by atoms with E-state index in [1.54, 1.807) is 6.07 Å². The van der Waals surface area contributed by atoms with Crippen LogP contribution in [-0.4, -0.2) is 38.9 Å². The van der Waals surface area contributed by atoms with Gasteiger partial charge < -0.3 is 4.74 Å². The molecule has 19 heavy (non-hydrogen) atoms. The molecule has 1 aliphatic rings. The molecule has 0 spiro atoms. The number of thiophene rings is 1. The Morgan fingerprint density at radius 1 is 1.42 bits per heavy atom. The quantitative estimate of drug-likeness (QED) is 0.798. The molecule has 0 aliphatic carbocycles. The molecule has 0 aromatic carbocycles. The van der Waals surface area contributed by atoms with Gasteiger partial charge >= 0.3 is 5.97 Å². The maximum Gasteiger partial charge on any atom is 0.308 e. The molecule has 1 aliphatic heterocycles. The Morgan fingerprint density at radius 2 is 2.05 bits per heavy atom. The smallest absolute Gasteiger partial charge is 0.308 e. The summed E-state index contributed by atoms with van der Waals surface area (Å²) in [5.41, 5.74) is 0. The fraction of sp³-hybridized carbons (Fsp3) is 0.545. The van der Waals surface area contributed by atoms with Gasteiger partial charge in [-0.15, -0.1) is 11.3 Å². The Hall–Kier alpha value is -0.630. The van der Waals surface area contributed by atoms with Gasteiger partial charge in [0, 0.05) is 13.1 Å². The molecule has 8 heteroatoms. The van der Waals surface area contributed by atoms with Crippen molar-refractivity contribution in [1.29, 1.82) is 0 Å². The largest absolute Gasteiger partial charge is 0.469 e. The van der Waals surface area contributed by atoms with Gasteiger partial charge in [0.1, 0.15) is 4.21 Å². The third kappa shape index (κ3) is 3.10. The maximum atomic E-state index is 12.3. The standard InChI is InChI=1S/C11H14ClNO4S2/c1-17-11(14)8-4-6-13(7-5-8)19(15,16)10-3-2-9(12)18-10/h2-3,8H,4-7H2,1H3. The molecule has 0 N–H and O–H groups in total. The zero-order valence-electron chi connectivity index (χ0n) is 10.3. The molecule has 0 atom stereocenters. The van der Waals surface area contributed by atoms with Gasteiger partial charge in [0.05, 0.1) is 17.4 Å². The number of ether oxygens (including phenoxy) is 1. The van der Waals surface area contributed by atoms with Gasteiger partial charge in [-0.05, 0) is 25.0 Å². The van der Waals surface area contributed by atoms with Gasteiger partial charge in [-0.3, -0.25) is 4.79 Å². The van der Waals surface area contributed by atoms with Crippen molar-refractivity contribution in [2.75, 3.05) is 20.2 Å². The number of rotatable bonds is 3. The Morgan fingerprint density at radius 3 is 2.53 bits per heavy atom. The molecular weight excluding hydrogens is 310 g/mol. The summed E-state index contributed by atoms with van der Waals surface area (Å²) in [6, 6.07) is 3.08. The topological polar surface area (TPSA) is 63.7 Å². The molecule has 1 saturated heterocycles. The monoisotopic (exact) mass is 323 g/mol. The van der Waals surface area contributed by atoms with Crippen molar-refractivity contribution in [1.82, 2.24) is 4.31 Å². The van der Waals surface area contributed by atoms with Gasteiger partial charge in [-0.1, -0.05) is 11.6 Å². The van der Waals surface area contributed by atoms with Crippen LogP contribution in [0.2, 0.25) is 4.34 Å². The zero-order valence-corrected chi connectivity index (χ0v) is 12.7. The molecular formula is C11H14ClNO4S2. The van der Waals surface area contributed by atoms with Gasteiger partial charge in [0.15, 0.2) is 0 Å². The predicted octanol–water partition coefficient (Wildman–Crippen LogP) is 1.98. The van der Waals surface area contributed by atoms with E-state index in [2.05, 4.69) is 4.74 Å². The first-order chi connectivity index (χ1) is 8.95. The minimum absolute atomic E-state index is 0.205. The van der Waals surface area contributed by atoms with E-state index in [4.69, 9.17) is 11.6 Å². The van der Waals surface area contributed by atoms with Crippen LogP contribution in [-0.2, 0) is 19.6 Å². The molecule has 0 saturated carbocycles. The zero-order chi connectivity index (χ0) is 14.0. The van der Waals surface area contributed by atoms with Gasteiger partial charge in [-0.2, -0.15) is 4.31 Å². The van der Waals surface area contributed by atoms with E-state index in [9.17, 15) is 13.2 Å². The second-order valence-corrected chi connectivity index (χ2v) is 8.14. The molecule has 0 unspecified atom stereocenters. The molecule has 1 aromatic heterocycles. The van der Waals surface area contributed by atoms with Crippen LogP contribution in [0.15, 0.2) is 16.3 Å². The summed E-state index contributed by atoms with van der Waals surface area (Å²) in [5, 5.41) is 0. The highest BCUT2D eigenvalue weighted by atomic mass is 35.5. The van der Waals surface area contributed by atoms with Crippen LogP contribution in [0, 0.1) is 5.92 Å². The first-order valence-electron chi connectivity index (χ1n) is 5.78. The first-order valence-corrected chi connectivity index (χ1v) is 8.42. The van der Waals surface area contributed by atoms with Crippen molar-refractivity contribution in [3.8, 4) is 0 Å². The van der Waals surface area contributed by atoms with Crippen LogP contribution in [0.25, 0.3) is 0 Å². The number of methoxy groups -OCH3 is 1. The number of halogens is 1. The minimum Gasteiger partial charge on any atom is -0.469 e. The molecule has 1 aromatic rings. The van der Waals surface area contributed by atoms with E-state index in [0.29, 0.717) is 30.3 Å². The third-order valence-electron chi connectivity index (χ3n) is 3.13. The molecule has 106 valence electrons. The number of carbonyl (C=O) groups is 1. The molecule has 0 bridgehead atoms. The summed E-state index contributed by atoms with van der Waals surface area (Å²) in [6.07, 6.45) is 0.982. The highest BCUT2D eigenvalue weighted by Gasteiger charge is 2.33. The summed E-state index contributed by atoms with van der Waals surface area (Å²) in [4.78, 5) is 11.4. The normalized spacial score (nSPS) is 18.4. The van der Waals surface area contributed by atoms with E-state index < -0.39 is 10.0 Å². The maximum absolute atomic E-state index is 12.3. The number of sulfonamides is 1. The summed E-state index contributed by atoms with van der Waals surface area (Å²) < 4.78 is 31.4. The van der Waals surface area contributed by atoms with E-state index in [0.717, 1.165) is 11.3 Å². The van der Waals surface area contributed by atoms with Gasteiger partial charge in [-0.25, -0.2) is 8.42 Å². The minimum atomic E-state index is -3.48. The number of nitrogens with zero attached hydrogens (tertiary/aromatic N) is 1. The van der Waals surface area contributed by atoms with Crippen molar-refractivity contribution in [3.63, 3.8) is 0 Å². The van der Waals surface area contributed by atoms with E-state index in [-0.39, 0.29) is 16.1 Å². The molecule has 0 radical (unpaired) electrons. The Bertz CT molecular complexity index is 561. The number of hydrogen-bond donors (Lipinski definition) is 0. The van der Waals surface area contributed by atoms with Gasteiger partial charge in [0.2, 0.25) is 0 Å². The number of piperidine rings is 1. The van der Waals surface area contributed by atoms with Crippen LogP contribution in [0.5, 0.6) is 0 Å². The number of esters is 1. The van der Waals surface area contributed by atoms with Crippen molar-refractivity contribution < 1.29 is 17.9 Å². The molecule has 0 amide bonds. The van der Waals surface area contributed by atoms with Crippen LogP contribution >= 0.6 is 22.9 Å². The summed E-state index contributed by atoms with van der Waals surface area (Å²) >= 11 is 6.81. The second kappa shape index (κ2) is 5.78. The predicted molar refractivity (Wildman–Crippen MR) is 72.8 cm³/mol. The fourth-order valence-corrected chi connectivity index (χ4v) is 5.17. The van der Waals surface area contributed by atoms with Crippen LogP contribution in [0.3, 0.4) is 0 Å². The average Bonchev–Trinajstić information content (AvgIpc) is 2.85. The highest BCUT2D eigenvalue weighted by molar-refractivity contribution is 7.91. The Balaban J connectivity index is 2.07. The van der Waals surface area contributed by atoms with Crippen LogP contribution < -0.4 is 0 Å². The molecule has 2 rings (SSSR count). The summed E-state index contributed by atoms with van der Waals surface area (Å²) in [6.45, 7) is 0.662. The van der Waals surface area contributed by atoms with Crippen molar-refractivity contribution in [2.24, 2.45) is 5.92 Å². The Labute approximate surface area is 121 Å².